The maximum absolute atomic E-state index is 12.7. The molecule has 0 bridgehead atoms. The van der Waals surface area contributed by atoms with Crippen molar-refractivity contribution < 1.29 is 13.2 Å². The summed E-state index contributed by atoms with van der Waals surface area (Å²) in [6.45, 7) is 3.16. The van der Waals surface area contributed by atoms with E-state index < -0.39 is 10.0 Å². The van der Waals surface area contributed by atoms with Gasteiger partial charge < -0.3 is 10.2 Å². The Morgan fingerprint density at radius 1 is 0.765 bits per heavy atom. The molecule has 0 saturated carbocycles. The standard InChI is InChI=1S/C25H27N5O3S/c31-25(20-7-11-22(12-8-20)34(32,33)30-17-3-4-18-30)26-21-9-5-19(6-10-21)23-13-14-24(28-27-23)29-15-1-2-16-29/h5-14H,1-4,15-18H2,(H,26,31). The molecule has 2 saturated heterocycles. The molecule has 2 fully saturated rings. The third-order valence-electron chi connectivity index (χ3n) is 6.34. The van der Waals surface area contributed by atoms with E-state index in [1.54, 1.807) is 12.1 Å². The third-order valence-corrected chi connectivity index (χ3v) is 8.25. The lowest BCUT2D eigenvalue weighted by molar-refractivity contribution is 0.102. The van der Waals surface area contributed by atoms with Crippen LogP contribution in [0.2, 0.25) is 0 Å². The van der Waals surface area contributed by atoms with Crippen LogP contribution in [0.1, 0.15) is 36.0 Å². The fraction of sp³-hybridized carbons (Fsp3) is 0.320. The zero-order valence-electron chi connectivity index (χ0n) is 18.9. The Kier molecular flexibility index (Phi) is 6.30. The van der Waals surface area contributed by atoms with Crippen LogP contribution >= 0.6 is 0 Å². The minimum atomic E-state index is -3.49. The topological polar surface area (TPSA) is 95.5 Å². The summed E-state index contributed by atoms with van der Waals surface area (Å²) in [5, 5.41) is 11.6. The van der Waals surface area contributed by atoms with Crippen LogP contribution in [0.4, 0.5) is 11.5 Å². The van der Waals surface area contributed by atoms with Crippen LogP contribution in [0.3, 0.4) is 0 Å². The van der Waals surface area contributed by atoms with Crippen molar-refractivity contribution in [3.05, 3.63) is 66.2 Å². The second kappa shape index (κ2) is 9.52. The lowest BCUT2D eigenvalue weighted by Crippen LogP contribution is -2.27. The predicted octanol–water partition coefficient (Wildman–Crippen LogP) is 3.78. The third kappa shape index (κ3) is 4.67. The van der Waals surface area contributed by atoms with Crippen molar-refractivity contribution >= 4 is 27.4 Å². The number of sulfonamides is 1. The summed E-state index contributed by atoms with van der Waals surface area (Å²) in [5.74, 6) is 0.608. The Morgan fingerprint density at radius 3 is 2.03 bits per heavy atom. The summed E-state index contributed by atoms with van der Waals surface area (Å²) in [7, 11) is -3.49. The summed E-state index contributed by atoms with van der Waals surface area (Å²) < 4.78 is 26.8. The number of carbonyl (C=O) groups is 1. The predicted molar refractivity (Wildman–Crippen MR) is 131 cm³/mol. The number of aromatic nitrogens is 2. The number of nitrogens with one attached hydrogen (secondary N) is 1. The summed E-state index contributed by atoms with van der Waals surface area (Å²) in [6, 6.07) is 17.5. The first kappa shape index (κ1) is 22.5. The number of hydrogen-bond donors (Lipinski definition) is 1. The molecule has 1 amide bonds. The quantitative estimate of drug-likeness (QED) is 0.581. The Bertz CT molecular complexity index is 1250. The number of anilines is 2. The summed E-state index contributed by atoms with van der Waals surface area (Å²) >= 11 is 0. The molecule has 3 heterocycles. The normalized spacial score (nSPS) is 16.6. The number of carbonyl (C=O) groups excluding carboxylic acids is 1. The maximum atomic E-state index is 12.7. The van der Waals surface area contributed by atoms with Crippen molar-refractivity contribution in [1.82, 2.24) is 14.5 Å². The van der Waals surface area contributed by atoms with Gasteiger partial charge >= 0.3 is 0 Å². The Balaban J connectivity index is 1.23. The first-order valence-electron chi connectivity index (χ1n) is 11.6. The van der Waals surface area contributed by atoms with Crippen molar-refractivity contribution in [1.29, 1.82) is 0 Å². The van der Waals surface area contributed by atoms with Gasteiger partial charge in [0.2, 0.25) is 10.0 Å². The lowest BCUT2D eigenvalue weighted by atomic mass is 10.1. The average Bonchev–Trinajstić information content (AvgIpc) is 3.60. The van der Waals surface area contributed by atoms with Gasteiger partial charge in [0.25, 0.3) is 5.91 Å². The highest BCUT2D eigenvalue weighted by Crippen LogP contribution is 2.24. The SMILES string of the molecule is O=C(Nc1ccc(-c2ccc(N3CCCC3)nn2)cc1)c1ccc(S(=O)(=O)N2CCCC2)cc1. The maximum Gasteiger partial charge on any atom is 0.255 e. The van der Waals surface area contributed by atoms with Crippen LogP contribution in [0.5, 0.6) is 0 Å². The molecule has 9 heteroatoms. The van der Waals surface area contributed by atoms with Crippen LogP contribution in [-0.2, 0) is 10.0 Å². The van der Waals surface area contributed by atoms with Gasteiger partial charge in [0.05, 0.1) is 10.6 Å². The molecule has 2 aromatic carbocycles. The van der Waals surface area contributed by atoms with Gasteiger partial charge in [-0.2, -0.15) is 4.31 Å². The van der Waals surface area contributed by atoms with E-state index in [9.17, 15) is 13.2 Å². The van der Waals surface area contributed by atoms with E-state index in [1.807, 2.05) is 36.4 Å². The summed E-state index contributed by atoms with van der Waals surface area (Å²) in [5.41, 5.74) is 2.72. The zero-order chi connectivity index (χ0) is 23.5. The summed E-state index contributed by atoms with van der Waals surface area (Å²) in [4.78, 5) is 15.1. The molecule has 0 spiro atoms. The summed E-state index contributed by atoms with van der Waals surface area (Å²) in [6.07, 6.45) is 4.15. The highest BCUT2D eigenvalue weighted by atomic mass is 32.2. The Hall–Kier alpha value is -3.30. The molecule has 2 aliphatic rings. The molecule has 2 aliphatic heterocycles. The highest BCUT2D eigenvalue weighted by molar-refractivity contribution is 7.89. The van der Waals surface area contributed by atoms with E-state index in [2.05, 4.69) is 20.4 Å². The fourth-order valence-electron chi connectivity index (χ4n) is 4.38. The van der Waals surface area contributed by atoms with Crippen molar-refractivity contribution in [2.24, 2.45) is 0 Å². The van der Waals surface area contributed by atoms with E-state index in [0.29, 0.717) is 24.3 Å². The average molecular weight is 478 g/mol. The van der Waals surface area contributed by atoms with Gasteiger partial charge in [-0.15, -0.1) is 10.2 Å². The molecule has 3 aromatic rings. The second-order valence-electron chi connectivity index (χ2n) is 8.64. The Labute approximate surface area is 199 Å². The number of nitrogens with zero attached hydrogens (tertiary/aromatic N) is 4. The van der Waals surface area contributed by atoms with Crippen LogP contribution in [0.25, 0.3) is 11.3 Å². The van der Waals surface area contributed by atoms with Crippen molar-refractivity contribution in [2.45, 2.75) is 30.6 Å². The lowest BCUT2D eigenvalue weighted by Gasteiger charge is -2.15. The van der Waals surface area contributed by atoms with Crippen molar-refractivity contribution in [3.8, 4) is 11.3 Å². The zero-order valence-corrected chi connectivity index (χ0v) is 19.7. The molecular weight excluding hydrogens is 450 g/mol. The largest absolute Gasteiger partial charge is 0.355 e. The van der Waals surface area contributed by atoms with Gasteiger partial charge in [0.15, 0.2) is 5.82 Å². The van der Waals surface area contributed by atoms with Gasteiger partial charge in [-0.3, -0.25) is 4.79 Å². The van der Waals surface area contributed by atoms with Gasteiger partial charge in [0, 0.05) is 43.0 Å². The minimum Gasteiger partial charge on any atom is -0.355 e. The Morgan fingerprint density at radius 2 is 1.41 bits per heavy atom. The van der Waals surface area contributed by atoms with E-state index >= 15 is 0 Å². The van der Waals surface area contributed by atoms with E-state index in [1.165, 1.54) is 29.3 Å². The van der Waals surface area contributed by atoms with Crippen LogP contribution in [0, 0.1) is 0 Å². The molecule has 0 aliphatic carbocycles. The van der Waals surface area contributed by atoms with Gasteiger partial charge in [-0.25, -0.2) is 8.42 Å². The first-order valence-corrected chi connectivity index (χ1v) is 13.1. The molecule has 1 N–H and O–H groups in total. The molecule has 34 heavy (non-hydrogen) atoms. The van der Waals surface area contributed by atoms with Crippen molar-refractivity contribution in [3.63, 3.8) is 0 Å². The van der Waals surface area contributed by atoms with Crippen molar-refractivity contribution in [2.75, 3.05) is 36.4 Å². The number of hydrogen-bond acceptors (Lipinski definition) is 6. The van der Waals surface area contributed by atoms with E-state index in [0.717, 1.165) is 43.0 Å². The van der Waals surface area contributed by atoms with Crippen LogP contribution in [-0.4, -0.2) is 55.0 Å². The smallest absolute Gasteiger partial charge is 0.255 e. The molecule has 8 nitrogen and oxygen atoms in total. The fourth-order valence-corrected chi connectivity index (χ4v) is 5.89. The molecule has 176 valence electrons. The molecule has 5 rings (SSSR count). The number of amides is 1. The van der Waals surface area contributed by atoms with Crippen LogP contribution in [0.15, 0.2) is 65.6 Å². The van der Waals surface area contributed by atoms with Gasteiger partial charge in [-0.1, -0.05) is 12.1 Å². The van der Waals surface area contributed by atoms with E-state index in [-0.39, 0.29) is 10.8 Å². The first-order chi connectivity index (χ1) is 16.5. The monoisotopic (exact) mass is 477 g/mol. The number of rotatable bonds is 6. The van der Waals surface area contributed by atoms with E-state index in [4.69, 9.17) is 0 Å². The molecule has 0 radical (unpaired) electrons. The van der Waals surface area contributed by atoms with Gasteiger partial charge in [-0.05, 0) is 74.2 Å². The second-order valence-corrected chi connectivity index (χ2v) is 10.6. The minimum absolute atomic E-state index is 0.215. The molecule has 0 atom stereocenters. The molecule has 0 unspecified atom stereocenters. The number of benzene rings is 2. The molecular formula is C25H27N5O3S. The van der Waals surface area contributed by atoms with Gasteiger partial charge in [0.1, 0.15) is 0 Å². The van der Waals surface area contributed by atoms with Crippen LogP contribution < -0.4 is 10.2 Å². The highest BCUT2D eigenvalue weighted by Gasteiger charge is 2.27. The molecule has 1 aromatic heterocycles.